The third-order valence-electron chi connectivity index (χ3n) is 7.34. The van der Waals surface area contributed by atoms with Gasteiger partial charge in [0.1, 0.15) is 5.82 Å². The minimum atomic E-state index is -0.474. The fourth-order valence-corrected chi connectivity index (χ4v) is 6.55. The van der Waals surface area contributed by atoms with Crippen LogP contribution >= 0.6 is 11.6 Å². The van der Waals surface area contributed by atoms with Crippen LogP contribution in [0, 0.1) is 28.5 Å². The Morgan fingerprint density at radius 1 is 1.38 bits per heavy atom. The van der Waals surface area contributed by atoms with Crippen molar-refractivity contribution in [3.63, 3.8) is 0 Å². The number of rotatable bonds is 3. The molecule has 2 aromatic rings. The molecule has 152 valence electrons. The van der Waals surface area contributed by atoms with Crippen molar-refractivity contribution in [3.8, 4) is 6.07 Å². The summed E-state index contributed by atoms with van der Waals surface area (Å²) in [5, 5.41) is 14.9. The highest BCUT2D eigenvalue weighted by Crippen LogP contribution is 2.56. The smallest absolute Gasteiger partial charge is 0.223 e. The predicted molar refractivity (Wildman–Crippen MR) is 108 cm³/mol. The maximum Gasteiger partial charge on any atom is 0.223 e. The molecule has 6 rings (SSSR count). The van der Waals surface area contributed by atoms with E-state index in [4.69, 9.17) is 11.6 Å². The maximum atomic E-state index is 14.1. The lowest BCUT2D eigenvalue weighted by Crippen LogP contribution is -2.63. The Bertz CT molecular complexity index is 1040. The van der Waals surface area contributed by atoms with E-state index in [1.807, 2.05) is 6.92 Å². The molecule has 0 N–H and O–H groups in total. The normalized spacial score (nSPS) is 31.3. The Balaban J connectivity index is 1.41. The highest BCUT2D eigenvalue weighted by atomic mass is 35.5. The van der Waals surface area contributed by atoms with E-state index in [1.165, 1.54) is 6.07 Å². The van der Waals surface area contributed by atoms with Crippen LogP contribution in [0.3, 0.4) is 0 Å². The number of benzene rings is 1. The summed E-state index contributed by atoms with van der Waals surface area (Å²) < 4.78 is 15.7. The summed E-state index contributed by atoms with van der Waals surface area (Å²) in [7, 11) is 1.80. The molecule has 4 bridgehead atoms. The number of aryl methyl sites for hydroxylation is 1. The molecule has 0 radical (unpaired) electrons. The molecule has 1 amide bonds. The van der Waals surface area contributed by atoms with Crippen LogP contribution in [-0.2, 0) is 11.8 Å². The van der Waals surface area contributed by atoms with Gasteiger partial charge in [-0.25, -0.2) is 4.39 Å². The minimum Gasteiger partial charge on any atom is -0.337 e. The van der Waals surface area contributed by atoms with Gasteiger partial charge in [0.15, 0.2) is 0 Å². The number of fused-ring (bicyclic) bond motifs is 1. The van der Waals surface area contributed by atoms with E-state index in [1.54, 1.807) is 17.8 Å². The molecule has 2 aliphatic carbocycles. The molecule has 2 aliphatic heterocycles. The number of nitrogens with zero attached hydrogens (tertiary/aromatic N) is 4. The van der Waals surface area contributed by atoms with E-state index < -0.39 is 5.82 Å². The van der Waals surface area contributed by atoms with Crippen LogP contribution in [0.1, 0.15) is 57.1 Å². The quantitative estimate of drug-likeness (QED) is 0.740. The molecule has 3 heterocycles. The highest BCUT2D eigenvalue weighted by Gasteiger charge is 2.56. The maximum absolute atomic E-state index is 14.1. The highest BCUT2D eigenvalue weighted by molar-refractivity contribution is 6.35. The van der Waals surface area contributed by atoms with E-state index in [2.05, 4.69) is 16.1 Å². The topological polar surface area (TPSA) is 61.9 Å². The third kappa shape index (κ3) is 2.78. The van der Waals surface area contributed by atoms with Gasteiger partial charge in [-0.2, -0.15) is 10.4 Å². The lowest BCUT2D eigenvalue weighted by atomic mass is 9.56. The zero-order valence-corrected chi connectivity index (χ0v) is 17.4. The molecule has 4 aliphatic rings. The second-order valence-electron chi connectivity index (χ2n) is 9.32. The van der Waals surface area contributed by atoms with E-state index in [0.717, 1.165) is 37.6 Å². The Hall–Kier alpha value is -2.13. The lowest BCUT2D eigenvalue weighted by Gasteiger charge is -2.59. The number of halogens is 2. The number of piperidine rings is 2. The molecule has 2 saturated heterocycles. The molecule has 4 fully saturated rings. The molecular weight excluding hydrogens is 391 g/mol. The van der Waals surface area contributed by atoms with Crippen molar-refractivity contribution < 1.29 is 9.18 Å². The monoisotopic (exact) mass is 414 g/mol. The van der Waals surface area contributed by atoms with Gasteiger partial charge in [0.05, 0.1) is 27.7 Å². The number of carbonyl (C=O) groups is 1. The largest absolute Gasteiger partial charge is 0.337 e. The molecule has 29 heavy (non-hydrogen) atoms. The van der Waals surface area contributed by atoms with Gasteiger partial charge < -0.3 is 4.90 Å². The lowest BCUT2D eigenvalue weighted by molar-refractivity contribution is -0.153. The van der Waals surface area contributed by atoms with E-state index in [-0.39, 0.29) is 34.3 Å². The summed E-state index contributed by atoms with van der Waals surface area (Å²) in [4.78, 5) is 15.4. The molecule has 1 aromatic heterocycles. The Morgan fingerprint density at radius 3 is 2.72 bits per heavy atom. The first-order valence-electron chi connectivity index (χ1n) is 10.3. The van der Waals surface area contributed by atoms with Crippen molar-refractivity contribution in [1.29, 1.82) is 5.26 Å². The fraction of sp³-hybridized carbons (Fsp3) is 0.591. The molecule has 1 aromatic carbocycles. The molecule has 3 unspecified atom stereocenters. The van der Waals surface area contributed by atoms with Crippen molar-refractivity contribution in [3.05, 3.63) is 28.7 Å². The van der Waals surface area contributed by atoms with Gasteiger partial charge in [0.2, 0.25) is 5.91 Å². The number of hydrogen-bond donors (Lipinski definition) is 0. The second-order valence-corrected chi connectivity index (χ2v) is 9.70. The first-order chi connectivity index (χ1) is 13.8. The van der Waals surface area contributed by atoms with Crippen LogP contribution in [0.2, 0.25) is 5.02 Å². The predicted octanol–water partition coefficient (Wildman–Crippen LogP) is 4.54. The van der Waals surface area contributed by atoms with Crippen molar-refractivity contribution in [1.82, 2.24) is 14.7 Å². The summed E-state index contributed by atoms with van der Waals surface area (Å²) in [6, 6.07) is 5.95. The van der Waals surface area contributed by atoms with Crippen LogP contribution < -0.4 is 0 Å². The van der Waals surface area contributed by atoms with Crippen LogP contribution in [0.15, 0.2) is 12.1 Å². The first kappa shape index (κ1) is 18.9. The van der Waals surface area contributed by atoms with E-state index in [9.17, 15) is 14.4 Å². The minimum absolute atomic E-state index is 0.0655. The zero-order chi connectivity index (χ0) is 20.5. The summed E-state index contributed by atoms with van der Waals surface area (Å²) >= 11 is 6.25. The molecular formula is C22H24ClFN4O. The number of hydrogen-bond acceptors (Lipinski definition) is 3. The fourth-order valence-electron chi connectivity index (χ4n) is 6.30. The van der Waals surface area contributed by atoms with Crippen molar-refractivity contribution in [2.24, 2.45) is 18.4 Å². The molecule has 5 nitrogen and oxygen atoms in total. The van der Waals surface area contributed by atoms with Crippen LogP contribution in [-0.4, -0.2) is 32.7 Å². The number of amides is 1. The van der Waals surface area contributed by atoms with E-state index in [0.29, 0.717) is 23.4 Å². The molecule has 7 heteroatoms. The first-order valence-corrected chi connectivity index (χ1v) is 10.7. The van der Waals surface area contributed by atoms with Crippen LogP contribution in [0.4, 0.5) is 4.39 Å². The molecule has 3 atom stereocenters. The second kappa shape index (κ2) is 6.43. The average Bonchev–Trinajstić information content (AvgIpc) is 3.01. The summed E-state index contributed by atoms with van der Waals surface area (Å²) in [6.45, 7) is 1.95. The third-order valence-corrected chi connectivity index (χ3v) is 7.71. The Kier molecular flexibility index (Phi) is 4.19. The van der Waals surface area contributed by atoms with Crippen LogP contribution in [0.5, 0.6) is 0 Å². The average molecular weight is 415 g/mol. The number of nitriles is 1. The van der Waals surface area contributed by atoms with Crippen molar-refractivity contribution in [2.45, 2.75) is 63.5 Å². The van der Waals surface area contributed by atoms with Gasteiger partial charge in [-0.05, 0) is 50.2 Å². The van der Waals surface area contributed by atoms with Crippen molar-refractivity contribution >= 4 is 28.4 Å². The summed E-state index contributed by atoms with van der Waals surface area (Å²) in [5.41, 5.74) is 1.21. The Morgan fingerprint density at radius 2 is 2.07 bits per heavy atom. The standard InChI is InChI=1S/C22H24ClFN4O/c1-12(21-19-17(27(2)26-21)4-3-16(24)20(19)23)5-18(29)28-14-6-13-7-15(28)10-22(8-13,9-14)11-25/h3-4,12-15H,5-10H2,1-2H3. The van der Waals surface area contributed by atoms with Gasteiger partial charge in [0, 0.05) is 36.9 Å². The number of aromatic nitrogens is 2. The SMILES string of the molecule is CC(CC(=O)N1C2CC3CC1CC(C#N)(C3)C2)c1nn(C)c2ccc(F)c(Cl)c12. The van der Waals surface area contributed by atoms with Gasteiger partial charge in [-0.1, -0.05) is 18.5 Å². The van der Waals surface area contributed by atoms with Crippen molar-refractivity contribution in [2.75, 3.05) is 0 Å². The van der Waals surface area contributed by atoms with E-state index >= 15 is 0 Å². The summed E-state index contributed by atoms with van der Waals surface area (Å²) in [5.74, 6) is 0.0482. The van der Waals surface area contributed by atoms with Crippen LogP contribution in [0.25, 0.3) is 10.9 Å². The van der Waals surface area contributed by atoms with Gasteiger partial charge >= 0.3 is 0 Å². The molecule has 2 saturated carbocycles. The van der Waals surface area contributed by atoms with Gasteiger partial charge in [0.25, 0.3) is 0 Å². The Labute approximate surface area is 174 Å². The van der Waals surface area contributed by atoms with Gasteiger partial charge in [-0.15, -0.1) is 0 Å². The summed E-state index contributed by atoms with van der Waals surface area (Å²) in [6.07, 6.45) is 4.96. The van der Waals surface area contributed by atoms with Gasteiger partial charge in [-0.3, -0.25) is 9.48 Å². The zero-order valence-electron chi connectivity index (χ0n) is 16.7. The number of carbonyl (C=O) groups excluding carboxylic acids is 1. The molecule has 0 spiro atoms.